The number of anilines is 2. The molecular formula is C13H19N3O2S. The van der Waals surface area contributed by atoms with Crippen molar-refractivity contribution >= 4 is 27.9 Å². The molecular weight excluding hydrogens is 262 g/mol. The Bertz CT molecular complexity index is 478. The summed E-state index contributed by atoms with van der Waals surface area (Å²) in [7, 11) is 1.59. The van der Waals surface area contributed by atoms with E-state index in [2.05, 4.69) is 16.8 Å². The lowest BCUT2D eigenvalue weighted by Gasteiger charge is -2.16. The maximum Gasteiger partial charge on any atom is 0.263 e. The monoisotopic (exact) mass is 281 g/mol. The van der Waals surface area contributed by atoms with Gasteiger partial charge in [-0.3, -0.25) is 4.79 Å². The van der Waals surface area contributed by atoms with Crippen molar-refractivity contribution in [2.75, 3.05) is 37.4 Å². The van der Waals surface area contributed by atoms with E-state index in [1.54, 1.807) is 13.2 Å². The highest BCUT2D eigenvalue weighted by Gasteiger charge is 2.26. The third-order valence-corrected chi connectivity index (χ3v) is 4.34. The van der Waals surface area contributed by atoms with Crippen molar-refractivity contribution in [2.45, 2.75) is 12.8 Å². The lowest BCUT2D eigenvalue weighted by molar-refractivity contribution is 0.0962. The Kier molecular flexibility index (Phi) is 4.31. The van der Waals surface area contributed by atoms with Crippen LogP contribution in [0.3, 0.4) is 0 Å². The zero-order valence-electron chi connectivity index (χ0n) is 11.1. The zero-order valence-corrected chi connectivity index (χ0v) is 11.9. The first-order chi connectivity index (χ1) is 9.19. The van der Waals surface area contributed by atoms with Crippen LogP contribution in [0.4, 0.5) is 10.7 Å². The predicted molar refractivity (Wildman–Crippen MR) is 79.3 cm³/mol. The molecule has 3 N–H and O–H groups in total. The number of carbonyl (C=O) groups excluding carboxylic acids is 1. The molecule has 1 aliphatic heterocycles. The van der Waals surface area contributed by atoms with Gasteiger partial charge in [0.15, 0.2) is 5.75 Å². The Morgan fingerprint density at radius 3 is 2.84 bits per heavy atom. The zero-order chi connectivity index (χ0) is 13.8. The molecule has 0 atom stereocenters. The van der Waals surface area contributed by atoms with Crippen molar-refractivity contribution in [3.63, 3.8) is 0 Å². The first kappa shape index (κ1) is 13.7. The van der Waals surface area contributed by atoms with Gasteiger partial charge in [-0.2, -0.15) is 0 Å². The van der Waals surface area contributed by atoms with Crippen LogP contribution < -0.4 is 20.7 Å². The average molecular weight is 281 g/mol. The van der Waals surface area contributed by atoms with Crippen LogP contribution >= 0.6 is 11.3 Å². The molecule has 0 bridgehead atoms. The highest BCUT2D eigenvalue weighted by Crippen LogP contribution is 2.45. The average Bonchev–Trinajstić information content (AvgIpc) is 3.03. The first-order valence-corrected chi connectivity index (χ1v) is 7.11. The number of thiophene rings is 1. The van der Waals surface area contributed by atoms with Crippen LogP contribution in [0.5, 0.6) is 5.75 Å². The van der Waals surface area contributed by atoms with E-state index in [0.29, 0.717) is 22.9 Å². The number of rotatable bonds is 5. The van der Waals surface area contributed by atoms with Gasteiger partial charge < -0.3 is 20.7 Å². The third-order valence-electron chi connectivity index (χ3n) is 3.09. The fourth-order valence-electron chi connectivity index (χ4n) is 2.16. The van der Waals surface area contributed by atoms with E-state index in [1.807, 2.05) is 0 Å². The van der Waals surface area contributed by atoms with E-state index in [1.165, 1.54) is 24.2 Å². The number of ether oxygens (including phenoxy) is 1. The minimum atomic E-state index is -0.175. The summed E-state index contributed by atoms with van der Waals surface area (Å²) in [5, 5.41) is 3.70. The molecule has 0 spiro atoms. The van der Waals surface area contributed by atoms with E-state index in [0.717, 1.165) is 18.1 Å². The molecule has 0 saturated carbocycles. The summed E-state index contributed by atoms with van der Waals surface area (Å²) in [6, 6.07) is 0. The molecule has 5 nitrogen and oxygen atoms in total. The second-order valence-electron chi connectivity index (χ2n) is 4.38. The quantitative estimate of drug-likeness (QED) is 0.808. The van der Waals surface area contributed by atoms with Gasteiger partial charge in [0.25, 0.3) is 5.91 Å². The summed E-state index contributed by atoms with van der Waals surface area (Å²) >= 11 is 1.40. The normalized spacial score (nSPS) is 14.5. The number of nitrogens with zero attached hydrogens (tertiary/aromatic N) is 1. The standard InChI is InChI=1S/C13H19N3O2S/c1-3-6-15-12(17)11-9(14)10(18-2)13(19-11)16-7-4-5-8-16/h3H,1,4-8,14H2,2H3,(H,15,17). The van der Waals surface area contributed by atoms with Crippen LogP contribution in [0.15, 0.2) is 12.7 Å². The lowest BCUT2D eigenvalue weighted by Crippen LogP contribution is -2.23. The summed E-state index contributed by atoms with van der Waals surface area (Å²) in [5.41, 5.74) is 6.45. The largest absolute Gasteiger partial charge is 0.492 e. The smallest absolute Gasteiger partial charge is 0.263 e. The fourth-order valence-corrected chi connectivity index (χ4v) is 3.31. The van der Waals surface area contributed by atoms with Crippen molar-refractivity contribution in [3.05, 3.63) is 17.5 Å². The molecule has 1 saturated heterocycles. The lowest BCUT2D eigenvalue weighted by atomic mass is 10.3. The summed E-state index contributed by atoms with van der Waals surface area (Å²) in [5.74, 6) is 0.446. The third kappa shape index (κ3) is 2.68. The summed E-state index contributed by atoms with van der Waals surface area (Å²) in [4.78, 5) is 14.8. The molecule has 1 aromatic heterocycles. The Morgan fingerprint density at radius 1 is 1.58 bits per heavy atom. The van der Waals surface area contributed by atoms with Crippen LogP contribution in [0, 0.1) is 0 Å². The number of carbonyl (C=O) groups is 1. The second-order valence-corrected chi connectivity index (χ2v) is 5.38. The maximum atomic E-state index is 12.0. The molecule has 2 rings (SSSR count). The molecule has 2 heterocycles. The molecule has 0 aromatic carbocycles. The molecule has 104 valence electrons. The Balaban J connectivity index is 2.29. The SMILES string of the molecule is C=CCNC(=O)c1sc(N2CCCC2)c(OC)c1N. The van der Waals surface area contributed by atoms with Crippen molar-refractivity contribution in [1.82, 2.24) is 5.32 Å². The number of nitrogens with two attached hydrogens (primary N) is 1. The van der Waals surface area contributed by atoms with Gasteiger partial charge in [0.05, 0.1) is 7.11 Å². The van der Waals surface area contributed by atoms with Crippen LogP contribution in [-0.2, 0) is 0 Å². The number of methoxy groups -OCH3 is 1. The molecule has 19 heavy (non-hydrogen) atoms. The van der Waals surface area contributed by atoms with E-state index in [4.69, 9.17) is 10.5 Å². The van der Waals surface area contributed by atoms with Crippen molar-refractivity contribution < 1.29 is 9.53 Å². The Hall–Kier alpha value is -1.69. The highest BCUT2D eigenvalue weighted by molar-refractivity contribution is 7.19. The van der Waals surface area contributed by atoms with Crippen molar-refractivity contribution in [2.24, 2.45) is 0 Å². The Labute approximate surface area is 117 Å². The van der Waals surface area contributed by atoms with Crippen molar-refractivity contribution in [1.29, 1.82) is 0 Å². The predicted octanol–water partition coefficient (Wildman–Crippen LogP) is 1.85. The van der Waals surface area contributed by atoms with E-state index in [9.17, 15) is 4.79 Å². The van der Waals surface area contributed by atoms with Crippen LogP contribution in [-0.4, -0.2) is 32.7 Å². The number of amides is 1. The van der Waals surface area contributed by atoms with Gasteiger partial charge in [0, 0.05) is 19.6 Å². The van der Waals surface area contributed by atoms with E-state index in [-0.39, 0.29) is 5.91 Å². The molecule has 6 heteroatoms. The number of hydrogen-bond acceptors (Lipinski definition) is 5. The van der Waals surface area contributed by atoms with Gasteiger partial charge in [0.1, 0.15) is 15.6 Å². The van der Waals surface area contributed by atoms with Crippen LogP contribution in [0.25, 0.3) is 0 Å². The fraction of sp³-hybridized carbons (Fsp3) is 0.462. The minimum absolute atomic E-state index is 0.175. The van der Waals surface area contributed by atoms with E-state index < -0.39 is 0 Å². The molecule has 1 aromatic rings. The molecule has 0 unspecified atom stereocenters. The molecule has 0 radical (unpaired) electrons. The van der Waals surface area contributed by atoms with E-state index >= 15 is 0 Å². The van der Waals surface area contributed by atoms with Gasteiger partial charge in [-0.15, -0.1) is 17.9 Å². The highest BCUT2D eigenvalue weighted by atomic mass is 32.1. The number of nitrogens with one attached hydrogen (secondary N) is 1. The van der Waals surface area contributed by atoms with Gasteiger partial charge >= 0.3 is 0 Å². The topological polar surface area (TPSA) is 67.6 Å². The van der Waals surface area contributed by atoms with Crippen LogP contribution in [0.2, 0.25) is 0 Å². The molecule has 1 fully saturated rings. The van der Waals surface area contributed by atoms with Gasteiger partial charge in [0.2, 0.25) is 0 Å². The second kappa shape index (κ2) is 5.97. The van der Waals surface area contributed by atoms with Gasteiger partial charge in [-0.25, -0.2) is 0 Å². The molecule has 1 aliphatic rings. The van der Waals surface area contributed by atoms with Gasteiger partial charge in [-0.05, 0) is 12.8 Å². The van der Waals surface area contributed by atoms with Crippen molar-refractivity contribution in [3.8, 4) is 5.75 Å². The minimum Gasteiger partial charge on any atom is -0.492 e. The number of nitrogen functional groups attached to an aromatic ring is 1. The molecule has 1 amide bonds. The summed E-state index contributed by atoms with van der Waals surface area (Å²) in [6.45, 7) is 5.98. The summed E-state index contributed by atoms with van der Waals surface area (Å²) < 4.78 is 5.37. The number of hydrogen-bond donors (Lipinski definition) is 2. The summed E-state index contributed by atoms with van der Waals surface area (Å²) in [6.07, 6.45) is 3.97. The molecule has 0 aliphatic carbocycles. The Morgan fingerprint density at radius 2 is 2.26 bits per heavy atom. The van der Waals surface area contributed by atoms with Gasteiger partial charge in [-0.1, -0.05) is 6.08 Å². The maximum absolute atomic E-state index is 12.0. The van der Waals surface area contributed by atoms with Crippen LogP contribution in [0.1, 0.15) is 22.5 Å². The first-order valence-electron chi connectivity index (χ1n) is 6.29.